The Hall–Kier alpha value is -2.24. The van der Waals surface area contributed by atoms with E-state index in [1.807, 2.05) is 0 Å². The van der Waals surface area contributed by atoms with Gasteiger partial charge in [0.15, 0.2) is 0 Å². The van der Waals surface area contributed by atoms with Crippen LogP contribution in [0, 0.1) is 5.82 Å². The molecule has 1 aliphatic heterocycles. The second-order valence-electron chi connectivity index (χ2n) is 7.38. The number of carbonyl (C=O) groups is 1. The third-order valence-corrected chi connectivity index (χ3v) is 6.85. The van der Waals surface area contributed by atoms with Gasteiger partial charge in [-0.15, -0.1) is 0 Å². The predicted octanol–water partition coefficient (Wildman–Crippen LogP) is 2.88. The third-order valence-electron chi connectivity index (χ3n) is 5.12. The molecule has 1 aliphatic rings. The Morgan fingerprint density at radius 3 is 2.56 bits per heavy atom. The van der Waals surface area contributed by atoms with Crippen LogP contribution in [-0.2, 0) is 14.8 Å². The molecule has 1 saturated heterocycles. The van der Waals surface area contributed by atoms with Crippen molar-refractivity contribution < 1.29 is 27.4 Å². The summed E-state index contributed by atoms with van der Waals surface area (Å²) in [5.74, 6) is -0.553. The van der Waals surface area contributed by atoms with Crippen LogP contribution >= 0.6 is 11.6 Å². The standard InChI is InChI=1S/C21H25ClFN3O5S/c22-14-5-8-16(9-6-14)32(29,30)24-12-11-15-7-10-19(20(13-27)31-15)26-21(28)25-18-4-2-1-3-17(18)23/h1-6,8-9,15,19-20,24,27H,7,10-13H2,(H2,25,26,28)/t15-,19+,20+/m0/s1. The van der Waals surface area contributed by atoms with Crippen LogP contribution in [0.3, 0.4) is 0 Å². The van der Waals surface area contributed by atoms with E-state index in [9.17, 15) is 22.7 Å². The number of anilines is 1. The molecule has 174 valence electrons. The fraction of sp³-hybridized carbons (Fsp3) is 0.381. The fourth-order valence-corrected chi connectivity index (χ4v) is 4.62. The molecule has 11 heteroatoms. The number of hydrogen-bond donors (Lipinski definition) is 4. The van der Waals surface area contributed by atoms with Crippen LogP contribution in [0.25, 0.3) is 0 Å². The van der Waals surface area contributed by atoms with Crippen LogP contribution < -0.4 is 15.4 Å². The van der Waals surface area contributed by atoms with E-state index in [-0.39, 0.29) is 29.8 Å². The number of aliphatic hydroxyl groups is 1. The molecule has 3 atom stereocenters. The van der Waals surface area contributed by atoms with Crippen molar-refractivity contribution in [2.45, 2.75) is 42.4 Å². The molecular formula is C21H25ClFN3O5S. The lowest BCUT2D eigenvalue weighted by molar-refractivity contribution is -0.0884. The van der Waals surface area contributed by atoms with Crippen molar-refractivity contribution in [3.63, 3.8) is 0 Å². The number of benzene rings is 2. The van der Waals surface area contributed by atoms with Gasteiger partial charge in [0.05, 0.1) is 29.3 Å². The Kier molecular flexibility index (Phi) is 8.44. The van der Waals surface area contributed by atoms with Gasteiger partial charge < -0.3 is 20.5 Å². The first-order valence-electron chi connectivity index (χ1n) is 10.1. The number of sulfonamides is 1. The molecule has 2 aromatic rings. The lowest BCUT2D eigenvalue weighted by Crippen LogP contribution is -2.52. The highest BCUT2D eigenvalue weighted by atomic mass is 35.5. The molecule has 0 aliphatic carbocycles. The van der Waals surface area contributed by atoms with Gasteiger partial charge in [-0.1, -0.05) is 23.7 Å². The number of urea groups is 1. The summed E-state index contributed by atoms with van der Waals surface area (Å²) in [5, 5.41) is 15.3. The quantitative estimate of drug-likeness (QED) is 0.458. The van der Waals surface area contributed by atoms with Crippen molar-refractivity contribution in [1.29, 1.82) is 0 Å². The van der Waals surface area contributed by atoms with Gasteiger partial charge in [-0.2, -0.15) is 0 Å². The maximum atomic E-state index is 13.7. The highest BCUT2D eigenvalue weighted by molar-refractivity contribution is 7.89. The Balaban J connectivity index is 1.47. The third kappa shape index (κ3) is 6.63. The van der Waals surface area contributed by atoms with E-state index in [1.165, 1.54) is 42.5 Å². The molecule has 0 bridgehead atoms. The monoisotopic (exact) mass is 485 g/mol. The molecule has 1 heterocycles. The molecule has 4 N–H and O–H groups in total. The molecule has 2 amide bonds. The van der Waals surface area contributed by atoms with Gasteiger partial charge in [0.25, 0.3) is 0 Å². The van der Waals surface area contributed by atoms with Gasteiger partial charge in [0, 0.05) is 11.6 Å². The molecule has 2 aromatic carbocycles. The maximum absolute atomic E-state index is 13.7. The largest absolute Gasteiger partial charge is 0.394 e. The van der Waals surface area contributed by atoms with Crippen molar-refractivity contribution in [3.8, 4) is 0 Å². The first-order chi connectivity index (χ1) is 15.3. The first-order valence-corrected chi connectivity index (χ1v) is 12.0. The summed E-state index contributed by atoms with van der Waals surface area (Å²) in [5.41, 5.74) is 0.0492. The second kappa shape index (κ2) is 11.1. The SMILES string of the molecule is O=C(Nc1ccccc1F)N[C@@H]1CC[C@@H](CCNS(=O)(=O)c2ccc(Cl)cc2)O[C@@H]1CO. The first kappa shape index (κ1) is 24.4. The number of amides is 2. The topological polar surface area (TPSA) is 117 Å². The highest BCUT2D eigenvalue weighted by Crippen LogP contribution is 2.22. The van der Waals surface area contributed by atoms with Gasteiger partial charge in [-0.05, 0) is 55.7 Å². The van der Waals surface area contributed by atoms with Crippen molar-refractivity contribution >= 4 is 33.3 Å². The smallest absolute Gasteiger partial charge is 0.319 e. The Morgan fingerprint density at radius 2 is 1.88 bits per heavy atom. The van der Waals surface area contributed by atoms with Gasteiger partial charge in [-0.25, -0.2) is 22.3 Å². The second-order valence-corrected chi connectivity index (χ2v) is 9.59. The van der Waals surface area contributed by atoms with Gasteiger partial charge in [0.1, 0.15) is 11.9 Å². The van der Waals surface area contributed by atoms with Crippen LogP contribution in [0.1, 0.15) is 19.3 Å². The summed E-state index contributed by atoms with van der Waals surface area (Å²) in [4.78, 5) is 12.3. The molecule has 0 radical (unpaired) electrons. The van der Waals surface area contributed by atoms with Gasteiger partial charge in [0.2, 0.25) is 10.0 Å². The van der Waals surface area contributed by atoms with Crippen LogP contribution in [0.5, 0.6) is 0 Å². The summed E-state index contributed by atoms with van der Waals surface area (Å²) in [6, 6.07) is 10.6. The lowest BCUT2D eigenvalue weighted by Gasteiger charge is -2.36. The minimum atomic E-state index is -3.67. The number of rotatable bonds is 8. The number of aliphatic hydroxyl groups excluding tert-OH is 1. The molecule has 0 unspecified atom stereocenters. The summed E-state index contributed by atoms with van der Waals surface area (Å²) >= 11 is 5.79. The Labute approximate surface area is 191 Å². The average Bonchev–Trinajstić information content (AvgIpc) is 2.76. The average molecular weight is 486 g/mol. The lowest BCUT2D eigenvalue weighted by atomic mass is 9.97. The van der Waals surface area contributed by atoms with E-state index < -0.39 is 34.0 Å². The zero-order valence-electron chi connectivity index (χ0n) is 17.1. The minimum absolute atomic E-state index is 0.0492. The Morgan fingerprint density at radius 1 is 1.16 bits per heavy atom. The zero-order chi connectivity index (χ0) is 23.1. The van der Waals surface area contributed by atoms with Crippen molar-refractivity contribution in [3.05, 3.63) is 59.4 Å². The highest BCUT2D eigenvalue weighted by Gasteiger charge is 2.32. The maximum Gasteiger partial charge on any atom is 0.319 e. The van der Waals surface area contributed by atoms with E-state index >= 15 is 0 Å². The van der Waals surface area contributed by atoms with Crippen molar-refractivity contribution in [1.82, 2.24) is 10.0 Å². The molecular weight excluding hydrogens is 461 g/mol. The number of para-hydroxylation sites is 1. The minimum Gasteiger partial charge on any atom is -0.394 e. The number of carbonyl (C=O) groups excluding carboxylic acids is 1. The zero-order valence-corrected chi connectivity index (χ0v) is 18.7. The van der Waals surface area contributed by atoms with E-state index in [0.717, 1.165) is 0 Å². The molecule has 8 nitrogen and oxygen atoms in total. The summed E-state index contributed by atoms with van der Waals surface area (Å²) in [6.07, 6.45) is 0.534. The van der Waals surface area contributed by atoms with E-state index in [2.05, 4.69) is 15.4 Å². The Bertz CT molecular complexity index is 1020. The number of ether oxygens (including phenoxy) is 1. The fourth-order valence-electron chi connectivity index (χ4n) is 3.45. The number of nitrogens with one attached hydrogen (secondary N) is 3. The van der Waals surface area contributed by atoms with E-state index in [0.29, 0.717) is 24.3 Å². The number of halogens is 2. The van der Waals surface area contributed by atoms with Crippen LogP contribution in [-0.4, -0.2) is 51.0 Å². The molecule has 1 fully saturated rings. The summed E-state index contributed by atoms with van der Waals surface area (Å²) in [7, 11) is -3.67. The molecule has 0 aromatic heterocycles. The number of hydrogen-bond acceptors (Lipinski definition) is 5. The normalized spacial score (nSPS) is 21.2. The summed E-state index contributed by atoms with van der Waals surface area (Å²) in [6.45, 7) is -0.169. The molecule has 0 saturated carbocycles. The van der Waals surface area contributed by atoms with Gasteiger partial charge in [-0.3, -0.25) is 0 Å². The predicted molar refractivity (Wildman–Crippen MR) is 119 cm³/mol. The summed E-state index contributed by atoms with van der Waals surface area (Å²) < 4.78 is 46.7. The molecule has 32 heavy (non-hydrogen) atoms. The van der Waals surface area contributed by atoms with Crippen molar-refractivity contribution in [2.24, 2.45) is 0 Å². The van der Waals surface area contributed by atoms with Crippen molar-refractivity contribution in [2.75, 3.05) is 18.5 Å². The van der Waals surface area contributed by atoms with Crippen LogP contribution in [0.2, 0.25) is 5.02 Å². The molecule has 3 rings (SSSR count). The van der Waals surface area contributed by atoms with Crippen LogP contribution in [0.4, 0.5) is 14.9 Å². The van der Waals surface area contributed by atoms with E-state index in [4.69, 9.17) is 16.3 Å². The molecule has 0 spiro atoms. The van der Waals surface area contributed by atoms with Crippen LogP contribution in [0.15, 0.2) is 53.4 Å². The van der Waals surface area contributed by atoms with E-state index in [1.54, 1.807) is 6.07 Å². The van der Waals surface area contributed by atoms with Gasteiger partial charge >= 0.3 is 6.03 Å².